The van der Waals surface area contributed by atoms with Crippen molar-refractivity contribution >= 4 is 5.69 Å². The number of ether oxygens (including phenoxy) is 1. The van der Waals surface area contributed by atoms with Crippen LogP contribution in [0.4, 0.5) is 10.1 Å². The van der Waals surface area contributed by atoms with Gasteiger partial charge in [0.2, 0.25) is 0 Å². The Balaban J connectivity index is 1.62. The van der Waals surface area contributed by atoms with Gasteiger partial charge in [0.25, 0.3) is 0 Å². The minimum absolute atomic E-state index is 0.294. The molecule has 1 aliphatic heterocycles. The van der Waals surface area contributed by atoms with Crippen LogP contribution in [0.5, 0.6) is 5.75 Å². The minimum atomic E-state index is -0.294. The molecule has 2 aromatic rings. The van der Waals surface area contributed by atoms with Gasteiger partial charge in [0.05, 0.1) is 18.2 Å². The summed E-state index contributed by atoms with van der Waals surface area (Å²) in [6, 6.07) is 14.1. The third-order valence-corrected chi connectivity index (χ3v) is 3.63. The van der Waals surface area contributed by atoms with Crippen LogP contribution in [0.15, 0.2) is 42.5 Å². The Bertz CT molecular complexity index is 693. The molecule has 2 aromatic carbocycles. The minimum Gasteiger partial charge on any atom is -0.492 e. The van der Waals surface area contributed by atoms with Crippen LogP contribution in [0.3, 0.4) is 0 Å². The summed E-state index contributed by atoms with van der Waals surface area (Å²) in [7, 11) is 0. The molecule has 1 aliphatic rings. The van der Waals surface area contributed by atoms with Gasteiger partial charge in [-0.1, -0.05) is 12.1 Å². The maximum Gasteiger partial charge on any atom is 0.126 e. The third-order valence-electron chi connectivity index (χ3n) is 3.63. The van der Waals surface area contributed by atoms with Crippen molar-refractivity contribution in [3.63, 3.8) is 0 Å². The lowest BCUT2D eigenvalue weighted by Gasteiger charge is -2.19. The number of nitriles is 1. The van der Waals surface area contributed by atoms with E-state index in [1.807, 2.05) is 18.2 Å². The Hall–Kier alpha value is -2.54. The van der Waals surface area contributed by atoms with Crippen LogP contribution in [0.2, 0.25) is 0 Å². The molecule has 1 heterocycles. The number of hydrogen-bond acceptors (Lipinski definition) is 3. The van der Waals surface area contributed by atoms with Crippen molar-refractivity contribution in [1.82, 2.24) is 0 Å². The molecule has 0 aliphatic carbocycles. The highest BCUT2D eigenvalue weighted by molar-refractivity contribution is 5.61. The van der Waals surface area contributed by atoms with Gasteiger partial charge in [0.1, 0.15) is 18.2 Å². The molecular formula is C17H15FN2O. The molecule has 3 nitrogen and oxygen atoms in total. The fraction of sp³-hybridized carbons (Fsp3) is 0.235. The molecule has 0 saturated carbocycles. The fourth-order valence-corrected chi connectivity index (χ4v) is 2.58. The summed E-state index contributed by atoms with van der Waals surface area (Å²) in [4.78, 5) is 2.20. The number of rotatable bonds is 4. The van der Waals surface area contributed by atoms with Crippen molar-refractivity contribution in [2.45, 2.75) is 6.42 Å². The highest BCUT2D eigenvalue weighted by Gasteiger charge is 2.19. The van der Waals surface area contributed by atoms with Crippen molar-refractivity contribution in [2.75, 3.05) is 24.6 Å². The average molecular weight is 282 g/mol. The third kappa shape index (κ3) is 2.97. The summed E-state index contributed by atoms with van der Waals surface area (Å²) in [5, 5.41) is 8.98. The topological polar surface area (TPSA) is 36.3 Å². The number of benzene rings is 2. The predicted molar refractivity (Wildman–Crippen MR) is 79.0 cm³/mol. The Morgan fingerprint density at radius 1 is 1.24 bits per heavy atom. The first-order chi connectivity index (χ1) is 10.3. The second-order valence-electron chi connectivity index (χ2n) is 5.00. The smallest absolute Gasteiger partial charge is 0.126 e. The van der Waals surface area contributed by atoms with Crippen molar-refractivity contribution in [2.24, 2.45) is 0 Å². The SMILES string of the molecule is N#Cc1ccc2c(c1)N(CCOc1cccc(F)c1)CC2. The van der Waals surface area contributed by atoms with Crippen LogP contribution < -0.4 is 9.64 Å². The largest absolute Gasteiger partial charge is 0.492 e. The Morgan fingerprint density at radius 2 is 2.14 bits per heavy atom. The van der Waals surface area contributed by atoms with E-state index in [1.165, 1.54) is 17.7 Å². The molecule has 3 rings (SSSR count). The lowest BCUT2D eigenvalue weighted by Crippen LogP contribution is -2.26. The summed E-state index contributed by atoms with van der Waals surface area (Å²) in [6.07, 6.45) is 0.987. The number of halogens is 1. The molecule has 0 radical (unpaired) electrons. The van der Waals surface area contributed by atoms with Crippen LogP contribution in [-0.2, 0) is 6.42 Å². The molecule has 0 fully saturated rings. The first-order valence-electron chi connectivity index (χ1n) is 6.92. The standard InChI is InChI=1S/C17H15FN2O/c18-15-2-1-3-16(11-15)21-9-8-20-7-6-14-5-4-13(12-19)10-17(14)20/h1-5,10-11H,6-9H2. The van der Waals surface area contributed by atoms with Crippen LogP contribution in [0.1, 0.15) is 11.1 Å². The molecule has 0 spiro atoms. The molecule has 4 heteroatoms. The molecule has 106 valence electrons. The normalized spacial score (nSPS) is 12.9. The average Bonchev–Trinajstić information content (AvgIpc) is 2.90. The van der Waals surface area contributed by atoms with Crippen molar-refractivity contribution < 1.29 is 9.13 Å². The van der Waals surface area contributed by atoms with Crippen molar-refractivity contribution in [1.29, 1.82) is 5.26 Å². The van der Waals surface area contributed by atoms with Crippen LogP contribution in [0.25, 0.3) is 0 Å². The second-order valence-corrected chi connectivity index (χ2v) is 5.00. The first kappa shape index (κ1) is 13.4. The zero-order chi connectivity index (χ0) is 14.7. The Labute approximate surface area is 123 Å². The van der Waals surface area contributed by atoms with E-state index in [-0.39, 0.29) is 5.82 Å². The summed E-state index contributed by atoms with van der Waals surface area (Å²) in [6.45, 7) is 2.13. The maximum atomic E-state index is 13.1. The highest BCUT2D eigenvalue weighted by Crippen LogP contribution is 2.28. The van der Waals surface area contributed by atoms with Crippen molar-refractivity contribution in [3.05, 3.63) is 59.4 Å². The summed E-state index contributed by atoms with van der Waals surface area (Å²) < 4.78 is 18.6. The van der Waals surface area contributed by atoms with Gasteiger partial charge in [-0.15, -0.1) is 0 Å². The van der Waals surface area contributed by atoms with Gasteiger partial charge in [0, 0.05) is 18.3 Å². The summed E-state index contributed by atoms with van der Waals surface area (Å²) in [5.74, 6) is 0.248. The van der Waals surface area contributed by atoms with E-state index in [0.717, 1.165) is 25.2 Å². The van der Waals surface area contributed by atoms with Gasteiger partial charge in [-0.2, -0.15) is 5.26 Å². The Kier molecular flexibility index (Phi) is 3.74. The number of nitrogens with zero attached hydrogens (tertiary/aromatic N) is 2. The molecule has 0 saturated heterocycles. The van der Waals surface area contributed by atoms with E-state index in [0.29, 0.717) is 17.9 Å². The maximum absolute atomic E-state index is 13.1. The molecule has 0 N–H and O–H groups in total. The van der Waals surface area contributed by atoms with E-state index in [4.69, 9.17) is 10.00 Å². The quantitative estimate of drug-likeness (QED) is 0.864. The zero-order valence-electron chi connectivity index (χ0n) is 11.6. The zero-order valence-corrected chi connectivity index (χ0v) is 11.6. The van der Waals surface area contributed by atoms with Gasteiger partial charge in [-0.25, -0.2) is 4.39 Å². The van der Waals surface area contributed by atoms with E-state index < -0.39 is 0 Å². The highest BCUT2D eigenvalue weighted by atomic mass is 19.1. The monoisotopic (exact) mass is 282 g/mol. The van der Waals surface area contributed by atoms with Crippen molar-refractivity contribution in [3.8, 4) is 11.8 Å². The molecule has 0 atom stereocenters. The van der Waals surface area contributed by atoms with E-state index in [1.54, 1.807) is 12.1 Å². The molecule has 21 heavy (non-hydrogen) atoms. The molecular weight excluding hydrogens is 267 g/mol. The van der Waals surface area contributed by atoms with Gasteiger partial charge in [-0.3, -0.25) is 0 Å². The van der Waals surface area contributed by atoms with Crippen LogP contribution in [0, 0.1) is 17.1 Å². The van der Waals surface area contributed by atoms with Gasteiger partial charge in [-0.05, 0) is 36.2 Å². The molecule has 0 bridgehead atoms. The summed E-state index contributed by atoms with van der Waals surface area (Å²) >= 11 is 0. The number of fused-ring (bicyclic) bond motifs is 1. The van der Waals surface area contributed by atoms with E-state index >= 15 is 0 Å². The Morgan fingerprint density at radius 3 is 2.95 bits per heavy atom. The molecule has 0 aromatic heterocycles. The lowest BCUT2D eigenvalue weighted by molar-refractivity contribution is 0.323. The second kappa shape index (κ2) is 5.84. The molecule has 0 amide bonds. The van der Waals surface area contributed by atoms with Gasteiger partial charge < -0.3 is 9.64 Å². The summed E-state index contributed by atoms with van der Waals surface area (Å²) in [5.41, 5.74) is 3.04. The number of hydrogen-bond donors (Lipinski definition) is 0. The van der Waals surface area contributed by atoms with Crippen LogP contribution in [-0.4, -0.2) is 19.7 Å². The number of anilines is 1. The van der Waals surface area contributed by atoms with E-state index in [2.05, 4.69) is 11.0 Å². The fourth-order valence-electron chi connectivity index (χ4n) is 2.58. The molecule has 0 unspecified atom stereocenters. The lowest BCUT2D eigenvalue weighted by atomic mass is 10.1. The first-order valence-corrected chi connectivity index (χ1v) is 6.92. The van der Waals surface area contributed by atoms with E-state index in [9.17, 15) is 4.39 Å². The predicted octanol–water partition coefficient (Wildman–Crippen LogP) is 3.14. The van der Waals surface area contributed by atoms with Crippen LogP contribution >= 0.6 is 0 Å². The van der Waals surface area contributed by atoms with Gasteiger partial charge in [0.15, 0.2) is 0 Å². The van der Waals surface area contributed by atoms with Gasteiger partial charge >= 0.3 is 0 Å².